The maximum absolute atomic E-state index is 13.3. The Labute approximate surface area is 84.1 Å². The summed E-state index contributed by atoms with van der Waals surface area (Å²) in [4.78, 5) is 11.4. The van der Waals surface area contributed by atoms with E-state index >= 15 is 0 Å². The highest BCUT2D eigenvalue weighted by Crippen LogP contribution is 2.42. The van der Waals surface area contributed by atoms with Crippen LogP contribution in [0.15, 0.2) is 28.7 Å². The molecule has 0 radical (unpaired) electrons. The Kier molecular flexibility index (Phi) is 1.99. The number of carbonyl (C=O) groups is 1. The minimum Gasteiger partial charge on any atom is -0.291 e. The second-order valence-electron chi connectivity index (χ2n) is 3.30. The summed E-state index contributed by atoms with van der Waals surface area (Å²) in [7, 11) is 0. The third-order valence-electron chi connectivity index (χ3n) is 2.20. The van der Waals surface area contributed by atoms with Gasteiger partial charge in [-0.2, -0.15) is 0 Å². The Morgan fingerprint density at radius 3 is 2.31 bits per heavy atom. The molecule has 1 aliphatic carbocycles. The molecule has 1 nitrogen and oxygen atoms in total. The van der Waals surface area contributed by atoms with Crippen LogP contribution in [0.5, 0.6) is 0 Å². The van der Waals surface area contributed by atoms with Gasteiger partial charge in [-0.25, -0.2) is 4.39 Å². The first-order valence-corrected chi connectivity index (χ1v) is 4.90. The SMILES string of the molecule is O=C(c1ccc(Br)cc1)C1(F)CC1. The molecule has 0 aliphatic heterocycles. The lowest BCUT2D eigenvalue weighted by molar-refractivity contribution is 0.0850. The predicted octanol–water partition coefficient (Wildman–Crippen LogP) is 3.13. The van der Waals surface area contributed by atoms with Gasteiger partial charge in [0.15, 0.2) is 11.5 Å². The van der Waals surface area contributed by atoms with Crippen LogP contribution in [0.1, 0.15) is 23.2 Å². The molecule has 0 amide bonds. The van der Waals surface area contributed by atoms with Crippen molar-refractivity contribution >= 4 is 21.7 Å². The number of hydrogen-bond donors (Lipinski definition) is 0. The van der Waals surface area contributed by atoms with Gasteiger partial charge in [0.05, 0.1) is 0 Å². The van der Waals surface area contributed by atoms with E-state index in [-0.39, 0.29) is 5.78 Å². The lowest BCUT2D eigenvalue weighted by Crippen LogP contribution is -2.16. The molecule has 1 fully saturated rings. The van der Waals surface area contributed by atoms with E-state index in [9.17, 15) is 9.18 Å². The third-order valence-corrected chi connectivity index (χ3v) is 2.73. The molecular formula is C10H8BrFO. The second-order valence-corrected chi connectivity index (χ2v) is 4.22. The highest BCUT2D eigenvalue weighted by atomic mass is 79.9. The van der Waals surface area contributed by atoms with Crippen molar-refractivity contribution in [1.82, 2.24) is 0 Å². The molecule has 1 aromatic carbocycles. The summed E-state index contributed by atoms with van der Waals surface area (Å²) in [6, 6.07) is 6.79. The van der Waals surface area contributed by atoms with Crippen molar-refractivity contribution in [2.75, 3.05) is 0 Å². The van der Waals surface area contributed by atoms with Crippen molar-refractivity contribution < 1.29 is 9.18 Å². The number of hydrogen-bond acceptors (Lipinski definition) is 1. The van der Waals surface area contributed by atoms with Gasteiger partial charge < -0.3 is 0 Å². The van der Waals surface area contributed by atoms with Crippen LogP contribution in [0.4, 0.5) is 4.39 Å². The van der Waals surface area contributed by atoms with E-state index < -0.39 is 5.67 Å². The standard InChI is InChI=1S/C10H8BrFO/c11-8-3-1-7(2-4-8)9(13)10(12)5-6-10/h1-4H,5-6H2. The average Bonchev–Trinajstić information content (AvgIpc) is 2.85. The summed E-state index contributed by atoms with van der Waals surface area (Å²) in [5, 5.41) is 0. The van der Waals surface area contributed by atoms with Crippen molar-refractivity contribution in [1.29, 1.82) is 0 Å². The largest absolute Gasteiger partial charge is 0.291 e. The second kappa shape index (κ2) is 2.91. The van der Waals surface area contributed by atoms with E-state index in [0.717, 1.165) is 4.47 Å². The van der Waals surface area contributed by atoms with Crippen LogP contribution < -0.4 is 0 Å². The first-order valence-electron chi connectivity index (χ1n) is 4.11. The molecule has 1 aliphatic rings. The zero-order chi connectivity index (χ0) is 9.47. The van der Waals surface area contributed by atoms with Crippen molar-refractivity contribution in [2.45, 2.75) is 18.5 Å². The van der Waals surface area contributed by atoms with Crippen LogP contribution in [0, 0.1) is 0 Å². The molecule has 0 N–H and O–H groups in total. The molecule has 0 spiro atoms. The molecule has 0 unspecified atom stereocenters. The molecule has 0 saturated heterocycles. The minimum absolute atomic E-state index is 0.375. The number of ketones is 1. The maximum Gasteiger partial charge on any atom is 0.199 e. The number of carbonyl (C=O) groups excluding carboxylic acids is 1. The predicted molar refractivity (Wildman–Crippen MR) is 51.5 cm³/mol. The normalized spacial score (nSPS) is 18.3. The van der Waals surface area contributed by atoms with Gasteiger partial charge in [-0.05, 0) is 25.0 Å². The van der Waals surface area contributed by atoms with Gasteiger partial charge in [0.25, 0.3) is 0 Å². The Bertz CT molecular complexity index is 340. The zero-order valence-corrected chi connectivity index (χ0v) is 8.47. The van der Waals surface area contributed by atoms with Gasteiger partial charge in [0.1, 0.15) is 0 Å². The van der Waals surface area contributed by atoms with Gasteiger partial charge in [-0.1, -0.05) is 28.1 Å². The highest BCUT2D eigenvalue weighted by Gasteiger charge is 2.50. The van der Waals surface area contributed by atoms with Crippen molar-refractivity contribution in [2.24, 2.45) is 0 Å². The van der Waals surface area contributed by atoms with Gasteiger partial charge >= 0.3 is 0 Å². The number of Topliss-reactive ketones (excluding diaryl/α,β-unsaturated/α-hetero) is 1. The Morgan fingerprint density at radius 2 is 1.85 bits per heavy atom. The van der Waals surface area contributed by atoms with Crippen LogP contribution in [0.2, 0.25) is 0 Å². The molecule has 1 aromatic rings. The molecular weight excluding hydrogens is 235 g/mol. The van der Waals surface area contributed by atoms with E-state index in [1.807, 2.05) is 0 Å². The fraction of sp³-hybridized carbons (Fsp3) is 0.300. The maximum atomic E-state index is 13.3. The van der Waals surface area contributed by atoms with Crippen molar-refractivity contribution in [3.05, 3.63) is 34.3 Å². The van der Waals surface area contributed by atoms with E-state index in [1.165, 1.54) is 0 Å². The summed E-state index contributed by atoms with van der Waals surface area (Å²) >= 11 is 3.26. The fourth-order valence-electron chi connectivity index (χ4n) is 1.20. The Morgan fingerprint density at radius 1 is 1.31 bits per heavy atom. The van der Waals surface area contributed by atoms with Crippen LogP contribution in [0.25, 0.3) is 0 Å². The third kappa shape index (κ3) is 1.66. The van der Waals surface area contributed by atoms with E-state index in [0.29, 0.717) is 18.4 Å². The Balaban J connectivity index is 2.26. The zero-order valence-electron chi connectivity index (χ0n) is 6.89. The van der Waals surface area contributed by atoms with Gasteiger partial charge in [0, 0.05) is 10.0 Å². The number of halogens is 2. The van der Waals surface area contributed by atoms with Gasteiger partial charge in [0.2, 0.25) is 0 Å². The molecule has 1 saturated carbocycles. The molecule has 13 heavy (non-hydrogen) atoms. The van der Waals surface area contributed by atoms with Crippen LogP contribution in [0.3, 0.4) is 0 Å². The van der Waals surface area contributed by atoms with E-state index in [1.54, 1.807) is 24.3 Å². The molecule has 68 valence electrons. The molecule has 0 heterocycles. The summed E-state index contributed by atoms with van der Waals surface area (Å²) in [5.41, 5.74) is -1.09. The van der Waals surface area contributed by atoms with Crippen molar-refractivity contribution in [3.8, 4) is 0 Å². The quantitative estimate of drug-likeness (QED) is 0.729. The fourth-order valence-corrected chi connectivity index (χ4v) is 1.46. The summed E-state index contributed by atoms with van der Waals surface area (Å²) < 4.78 is 14.2. The summed E-state index contributed by atoms with van der Waals surface area (Å²) in [6.45, 7) is 0. The molecule has 0 atom stereocenters. The van der Waals surface area contributed by atoms with Crippen LogP contribution >= 0.6 is 15.9 Å². The van der Waals surface area contributed by atoms with Gasteiger partial charge in [-0.15, -0.1) is 0 Å². The molecule has 0 bridgehead atoms. The highest BCUT2D eigenvalue weighted by molar-refractivity contribution is 9.10. The molecule has 3 heteroatoms. The molecule has 2 rings (SSSR count). The first-order chi connectivity index (χ1) is 6.12. The Hall–Kier alpha value is -0.700. The summed E-state index contributed by atoms with van der Waals surface area (Å²) in [5.74, 6) is -0.375. The summed E-state index contributed by atoms with van der Waals surface area (Å²) in [6.07, 6.45) is 0.754. The number of alkyl halides is 1. The lowest BCUT2D eigenvalue weighted by Gasteiger charge is -2.03. The van der Waals surface area contributed by atoms with E-state index in [4.69, 9.17) is 0 Å². The van der Waals surface area contributed by atoms with Crippen molar-refractivity contribution in [3.63, 3.8) is 0 Å². The smallest absolute Gasteiger partial charge is 0.199 e. The topological polar surface area (TPSA) is 17.1 Å². The van der Waals surface area contributed by atoms with Gasteiger partial charge in [-0.3, -0.25) is 4.79 Å². The van der Waals surface area contributed by atoms with E-state index in [2.05, 4.69) is 15.9 Å². The molecule has 0 aromatic heterocycles. The number of benzene rings is 1. The van der Waals surface area contributed by atoms with Crippen LogP contribution in [-0.4, -0.2) is 11.5 Å². The average molecular weight is 243 g/mol. The first kappa shape index (κ1) is 8.88. The number of rotatable bonds is 2. The minimum atomic E-state index is -1.55. The lowest BCUT2D eigenvalue weighted by atomic mass is 10.1. The van der Waals surface area contributed by atoms with Crippen LogP contribution in [-0.2, 0) is 0 Å². The monoisotopic (exact) mass is 242 g/mol.